The molecule has 1 aliphatic rings. The van der Waals surface area contributed by atoms with Crippen molar-refractivity contribution in [3.63, 3.8) is 0 Å². The smallest absolute Gasteiger partial charge is 0.312 e. The third-order valence-corrected chi connectivity index (χ3v) is 5.41. The van der Waals surface area contributed by atoms with Crippen molar-refractivity contribution in [2.75, 3.05) is 31.5 Å². The van der Waals surface area contributed by atoms with Gasteiger partial charge in [0.2, 0.25) is 11.7 Å². The maximum Gasteiger partial charge on any atom is 0.312 e. The van der Waals surface area contributed by atoms with E-state index in [0.717, 1.165) is 12.1 Å². The number of hydrogen-bond donors (Lipinski definition) is 0. The molecule has 1 fully saturated rings. The third kappa shape index (κ3) is 5.19. The first-order valence-electron chi connectivity index (χ1n) is 9.96. The van der Waals surface area contributed by atoms with Crippen LogP contribution in [-0.4, -0.2) is 50.4 Å². The number of anilines is 1. The molecule has 1 amide bonds. The second-order valence-corrected chi connectivity index (χ2v) is 7.60. The molecule has 3 rings (SSSR count). The maximum absolute atomic E-state index is 13.2. The summed E-state index contributed by atoms with van der Waals surface area (Å²) in [5, 5.41) is 0. The molecule has 9 heteroatoms. The fourth-order valence-corrected chi connectivity index (χ4v) is 3.68. The van der Waals surface area contributed by atoms with Gasteiger partial charge >= 0.3 is 5.97 Å². The Kier molecular flexibility index (Phi) is 7.69. The van der Waals surface area contributed by atoms with Gasteiger partial charge in [-0.2, -0.15) is 0 Å². The summed E-state index contributed by atoms with van der Waals surface area (Å²) < 4.78 is 29.1. The third-order valence-electron chi connectivity index (χ3n) is 5.19. The molecule has 0 saturated carbocycles. The average Bonchev–Trinajstić information content (AvgIpc) is 3.19. The van der Waals surface area contributed by atoms with Crippen LogP contribution in [-0.2, 0) is 14.3 Å². The molecule has 0 aliphatic carbocycles. The van der Waals surface area contributed by atoms with E-state index in [-0.39, 0.29) is 36.7 Å². The second kappa shape index (κ2) is 10.5. The Morgan fingerprint density at radius 1 is 1.16 bits per heavy atom. The lowest BCUT2D eigenvalue weighted by Crippen LogP contribution is -2.32. The number of amides is 1. The summed E-state index contributed by atoms with van der Waals surface area (Å²) in [5.74, 6) is -1.57. The van der Waals surface area contributed by atoms with E-state index in [1.165, 1.54) is 31.3 Å². The number of hydrogen-bond acceptors (Lipinski definition) is 6. The Morgan fingerprint density at radius 2 is 1.88 bits per heavy atom. The van der Waals surface area contributed by atoms with Crippen LogP contribution in [0.5, 0.6) is 11.5 Å². The molecule has 0 bridgehead atoms. The molecule has 0 aromatic heterocycles. The zero-order valence-corrected chi connectivity index (χ0v) is 18.4. The van der Waals surface area contributed by atoms with Crippen molar-refractivity contribution >= 4 is 34.9 Å². The number of nitrogens with zero attached hydrogens (tertiary/aromatic N) is 1. The standard InChI is InChI=1S/C23H23ClFNO6/c1-30-17-7-8-18(20(12-17)31-2)26-13-15(11-21(26)27)23(29)32-19(9-10-24)22(28)14-3-5-16(25)6-4-14/h3-8,12,15,19H,9-11,13H2,1-2H3/t15-,19-/m0/s1. The fourth-order valence-electron chi connectivity index (χ4n) is 3.49. The Bertz CT molecular complexity index is 996. The van der Waals surface area contributed by atoms with Crippen LogP contribution in [0.4, 0.5) is 10.1 Å². The Balaban J connectivity index is 1.73. The minimum atomic E-state index is -1.12. The number of Topliss-reactive ketones (excluding diaryl/α,β-unsaturated/α-hetero) is 1. The van der Waals surface area contributed by atoms with Gasteiger partial charge in [-0.1, -0.05) is 0 Å². The van der Waals surface area contributed by atoms with Gasteiger partial charge in [-0.3, -0.25) is 14.4 Å². The molecular formula is C23H23ClFNO6. The fraction of sp³-hybridized carbons (Fsp3) is 0.348. The van der Waals surface area contributed by atoms with Crippen LogP contribution >= 0.6 is 11.6 Å². The average molecular weight is 464 g/mol. The van der Waals surface area contributed by atoms with Gasteiger partial charge in [0.1, 0.15) is 17.3 Å². The summed E-state index contributed by atoms with van der Waals surface area (Å²) in [6.07, 6.45) is -1.09. The van der Waals surface area contributed by atoms with Crippen molar-refractivity contribution in [1.29, 1.82) is 0 Å². The summed E-state index contributed by atoms with van der Waals surface area (Å²) in [6, 6.07) is 9.97. The molecule has 0 unspecified atom stereocenters. The van der Waals surface area contributed by atoms with Crippen LogP contribution in [0.25, 0.3) is 0 Å². The lowest BCUT2D eigenvalue weighted by Gasteiger charge is -2.21. The van der Waals surface area contributed by atoms with Crippen LogP contribution in [0.2, 0.25) is 0 Å². The number of ether oxygens (including phenoxy) is 3. The normalized spacial score (nSPS) is 16.6. The Hall–Kier alpha value is -3.13. The van der Waals surface area contributed by atoms with Crippen LogP contribution < -0.4 is 14.4 Å². The number of carbonyl (C=O) groups is 3. The van der Waals surface area contributed by atoms with E-state index in [2.05, 4.69) is 0 Å². The summed E-state index contributed by atoms with van der Waals surface area (Å²) >= 11 is 5.79. The number of alkyl halides is 1. The molecular weight excluding hydrogens is 441 g/mol. The molecule has 0 spiro atoms. The Labute approximate surface area is 190 Å². The molecule has 1 saturated heterocycles. The maximum atomic E-state index is 13.2. The minimum Gasteiger partial charge on any atom is -0.497 e. The van der Waals surface area contributed by atoms with Gasteiger partial charge in [-0.25, -0.2) is 4.39 Å². The summed E-state index contributed by atoms with van der Waals surface area (Å²) in [6.45, 7) is 0.0820. The largest absolute Gasteiger partial charge is 0.497 e. The number of ketones is 1. The molecule has 1 aliphatic heterocycles. The van der Waals surface area contributed by atoms with E-state index >= 15 is 0 Å². The first-order valence-corrected chi connectivity index (χ1v) is 10.5. The van der Waals surface area contributed by atoms with E-state index in [1.807, 2.05) is 0 Å². The molecule has 1 heterocycles. The van der Waals surface area contributed by atoms with Gasteiger partial charge < -0.3 is 19.1 Å². The highest BCUT2D eigenvalue weighted by Crippen LogP contribution is 2.36. The molecule has 7 nitrogen and oxygen atoms in total. The molecule has 2 atom stereocenters. The van der Waals surface area contributed by atoms with E-state index in [0.29, 0.717) is 17.2 Å². The molecule has 0 N–H and O–H groups in total. The van der Waals surface area contributed by atoms with Crippen LogP contribution in [0.3, 0.4) is 0 Å². The van der Waals surface area contributed by atoms with E-state index in [4.69, 9.17) is 25.8 Å². The zero-order valence-electron chi connectivity index (χ0n) is 17.7. The predicted molar refractivity (Wildman–Crippen MR) is 116 cm³/mol. The lowest BCUT2D eigenvalue weighted by molar-refractivity contribution is -0.151. The van der Waals surface area contributed by atoms with Gasteiger partial charge in [0.05, 0.1) is 25.8 Å². The van der Waals surface area contributed by atoms with Crippen molar-refractivity contribution in [2.24, 2.45) is 5.92 Å². The van der Waals surface area contributed by atoms with Crippen LogP contribution in [0, 0.1) is 11.7 Å². The zero-order chi connectivity index (χ0) is 23.3. The number of methoxy groups -OCH3 is 2. The highest BCUT2D eigenvalue weighted by Gasteiger charge is 2.39. The van der Waals surface area contributed by atoms with Gasteiger partial charge in [0.25, 0.3) is 0 Å². The van der Waals surface area contributed by atoms with Crippen molar-refractivity contribution < 1.29 is 33.0 Å². The van der Waals surface area contributed by atoms with Crippen molar-refractivity contribution in [2.45, 2.75) is 18.9 Å². The first-order chi connectivity index (χ1) is 15.4. The van der Waals surface area contributed by atoms with E-state index in [9.17, 15) is 18.8 Å². The van der Waals surface area contributed by atoms with Crippen molar-refractivity contribution in [3.05, 3.63) is 53.8 Å². The number of rotatable bonds is 9. The van der Waals surface area contributed by atoms with Gasteiger partial charge in [0.15, 0.2) is 6.10 Å². The highest BCUT2D eigenvalue weighted by molar-refractivity contribution is 6.18. The van der Waals surface area contributed by atoms with Crippen molar-refractivity contribution in [1.82, 2.24) is 0 Å². The van der Waals surface area contributed by atoms with Crippen LogP contribution in [0.1, 0.15) is 23.2 Å². The first kappa shape index (κ1) is 23.5. The van der Waals surface area contributed by atoms with Gasteiger partial charge in [-0.15, -0.1) is 11.6 Å². The predicted octanol–water partition coefficient (Wildman–Crippen LogP) is 3.62. The van der Waals surface area contributed by atoms with E-state index < -0.39 is 29.6 Å². The minimum absolute atomic E-state index is 0.0631. The van der Waals surface area contributed by atoms with Crippen LogP contribution in [0.15, 0.2) is 42.5 Å². The highest BCUT2D eigenvalue weighted by atomic mass is 35.5. The molecule has 0 radical (unpaired) electrons. The lowest BCUT2D eigenvalue weighted by atomic mass is 10.0. The molecule has 170 valence electrons. The number of benzene rings is 2. The summed E-state index contributed by atoms with van der Waals surface area (Å²) in [5.41, 5.74) is 0.717. The monoisotopic (exact) mass is 463 g/mol. The number of esters is 1. The topological polar surface area (TPSA) is 82.1 Å². The Morgan fingerprint density at radius 3 is 2.50 bits per heavy atom. The molecule has 32 heavy (non-hydrogen) atoms. The number of carbonyl (C=O) groups excluding carboxylic acids is 3. The quantitative estimate of drug-likeness (QED) is 0.321. The molecule has 2 aromatic rings. The van der Waals surface area contributed by atoms with Crippen molar-refractivity contribution in [3.8, 4) is 11.5 Å². The van der Waals surface area contributed by atoms with Gasteiger partial charge in [0, 0.05) is 36.9 Å². The number of halogens is 2. The van der Waals surface area contributed by atoms with Gasteiger partial charge in [-0.05, 0) is 36.4 Å². The second-order valence-electron chi connectivity index (χ2n) is 7.22. The summed E-state index contributed by atoms with van der Waals surface area (Å²) in [4.78, 5) is 39.6. The summed E-state index contributed by atoms with van der Waals surface area (Å²) in [7, 11) is 2.99. The SMILES string of the molecule is COc1ccc(N2C[C@@H](C(=O)O[C@@H](CCCl)C(=O)c3ccc(F)cc3)CC2=O)c(OC)c1. The van der Waals surface area contributed by atoms with E-state index in [1.54, 1.807) is 18.2 Å². The molecule has 2 aromatic carbocycles.